The zero-order valence-corrected chi connectivity index (χ0v) is 9.98. The molecule has 2 saturated heterocycles. The number of nitrogens with zero attached hydrogens (tertiary/aromatic N) is 1. The summed E-state index contributed by atoms with van der Waals surface area (Å²) in [5, 5.41) is 3.80. The Labute approximate surface area is 93.7 Å². The summed E-state index contributed by atoms with van der Waals surface area (Å²) in [6, 6.07) is 0.310. The molecule has 92 valence electrons. The van der Waals surface area contributed by atoms with E-state index in [-0.39, 0.29) is 18.0 Å². The molecule has 3 atom stereocenters. The van der Waals surface area contributed by atoms with Crippen LogP contribution in [0.25, 0.3) is 0 Å². The molecule has 1 amide bonds. The summed E-state index contributed by atoms with van der Waals surface area (Å²) in [5.74, 6) is -0.742. The van der Waals surface area contributed by atoms with Crippen molar-refractivity contribution < 1.29 is 22.0 Å². The van der Waals surface area contributed by atoms with E-state index in [1.54, 1.807) is 13.8 Å². The quantitative estimate of drug-likeness (QED) is 0.390. The first-order chi connectivity index (χ1) is 7.14. The number of nitrogens with one attached hydrogen (secondary N) is 1. The van der Waals surface area contributed by atoms with Crippen molar-refractivity contribution in [2.24, 2.45) is 5.92 Å². The van der Waals surface area contributed by atoms with Gasteiger partial charge in [-0.1, -0.05) is 0 Å². The van der Waals surface area contributed by atoms with E-state index in [0.717, 1.165) is 0 Å². The van der Waals surface area contributed by atoms with Crippen molar-refractivity contribution in [3.63, 3.8) is 0 Å². The van der Waals surface area contributed by atoms with Gasteiger partial charge in [0.05, 0.1) is 11.5 Å². The molecule has 0 bridgehead atoms. The van der Waals surface area contributed by atoms with Gasteiger partial charge in [0.2, 0.25) is 0 Å². The maximum absolute atomic E-state index is 11.7. The molecule has 2 fully saturated rings. The Hall–Kier alpha value is -0.700. The molecule has 2 rings (SSSR count). The van der Waals surface area contributed by atoms with Crippen molar-refractivity contribution in [3.05, 3.63) is 0 Å². The van der Waals surface area contributed by atoms with Crippen molar-refractivity contribution >= 4 is 16.3 Å². The standard InChI is InChI=1S/C8H14N2O5S/c1-4-6(9-4)5-7(11)10(8(5,2)3)15-16(12,13)14/h4-6,9H,1-3H3,(H,12,13,14). The first-order valence-electron chi connectivity index (χ1n) is 4.92. The molecule has 0 aromatic rings. The second-order valence-electron chi connectivity index (χ2n) is 4.75. The lowest BCUT2D eigenvalue weighted by molar-refractivity contribution is -0.228. The van der Waals surface area contributed by atoms with Crippen LogP contribution in [0.3, 0.4) is 0 Å². The van der Waals surface area contributed by atoms with Gasteiger partial charge < -0.3 is 5.32 Å². The van der Waals surface area contributed by atoms with Crippen LogP contribution in [0.15, 0.2) is 0 Å². The highest BCUT2D eigenvalue weighted by Crippen LogP contribution is 2.44. The summed E-state index contributed by atoms with van der Waals surface area (Å²) in [6.07, 6.45) is 0. The van der Waals surface area contributed by atoms with E-state index in [2.05, 4.69) is 9.60 Å². The molecule has 2 aliphatic rings. The first-order valence-corrected chi connectivity index (χ1v) is 6.28. The molecule has 2 N–H and O–H groups in total. The van der Waals surface area contributed by atoms with E-state index < -0.39 is 21.8 Å². The van der Waals surface area contributed by atoms with Crippen molar-refractivity contribution in [3.8, 4) is 0 Å². The van der Waals surface area contributed by atoms with Crippen LogP contribution in [0.4, 0.5) is 0 Å². The number of carbonyl (C=O) groups is 1. The Morgan fingerprint density at radius 1 is 1.50 bits per heavy atom. The Morgan fingerprint density at radius 3 is 2.31 bits per heavy atom. The van der Waals surface area contributed by atoms with Gasteiger partial charge in [0, 0.05) is 12.1 Å². The average Bonchev–Trinajstić information content (AvgIpc) is 2.77. The normalized spacial score (nSPS) is 37.1. The van der Waals surface area contributed by atoms with E-state index in [4.69, 9.17) is 4.55 Å². The summed E-state index contributed by atoms with van der Waals surface area (Å²) in [4.78, 5) is 11.7. The smallest absolute Gasteiger partial charge is 0.307 e. The number of carbonyl (C=O) groups excluding carboxylic acids is 1. The lowest BCUT2D eigenvalue weighted by atomic mass is 9.75. The van der Waals surface area contributed by atoms with E-state index >= 15 is 0 Å². The number of hydroxylamine groups is 2. The van der Waals surface area contributed by atoms with Crippen LogP contribution >= 0.6 is 0 Å². The number of rotatable bonds is 3. The number of β-lactam (4-membered cyclic amide) rings is 1. The molecule has 7 nitrogen and oxygen atoms in total. The average molecular weight is 250 g/mol. The first kappa shape index (κ1) is 11.8. The maximum atomic E-state index is 11.7. The van der Waals surface area contributed by atoms with Gasteiger partial charge in [0.25, 0.3) is 5.91 Å². The molecule has 0 aromatic carbocycles. The van der Waals surface area contributed by atoms with Crippen molar-refractivity contribution in [2.75, 3.05) is 0 Å². The van der Waals surface area contributed by atoms with Crippen LogP contribution in [0.5, 0.6) is 0 Å². The SMILES string of the molecule is CC1NC1C1C(=O)N(OS(=O)(=O)O)C1(C)C. The highest BCUT2D eigenvalue weighted by molar-refractivity contribution is 7.80. The zero-order chi connectivity index (χ0) is 12.3. The largest absolute Gasteiger partial charge is 0.418 e. The van der Waals surface area contributed by atoms with E-state index in [1.807, 2.05) is 6.92 Å². The number of amides is 1. The van der Waals surface area contributed by atoms with Gasteiger partial charge in [-0.3, -0.25) is 9.35 Å². The van der Waals surface area contributed by atoms with Crippen LogP contribution in [0.1, 0.15) is 20.8 Å². The van der Waals surface area contributed by atoms with Crippen LogP contribution in [-0.2, 0) is 19.5 Å². The third kappa shape index (κ3) is 1.71. The minimum absolute atomic E-state index is 0.0590. The van der Waals surface area contributed by atoms with Crippen LogP contribution in [0, 0.1) is 5.92 Å². The summed E-state index contributed by atoms with van der Waals surface area (Å²) < 4.78 is 33.9. The molecule has 8 heteroatoms. The molecule has 0 saturated carbocycles. The third-order valence-electron chi connectivity index (χ3n) is 3.16. The van der Waals surface area contributed by atoms with E-state index in [9.17, 15) is 13.2 Å². The highest BCUT2D eigenvalue weighted by Gasteiger charge is 2.64. The topological polar surface area (TPSA) is 106 Å². The minimum atomic E-state index is -4.65. The predicted octanol–water partition coefficient (Wildman–Crippen LogP) is -0.682. The van der Waals surface area contributed by atoms with Gasteiger partial charge in [0.1, 0.15) is 0 Å². The van der Waals surface area contributed by atoms with Gasteiger partial charge >= 0.3 is 10.4 Å². The summed E-state index contributed by atoms with van der Waals surface area (Å²) in [7, 11) is -4.65. The van der Waals surface area contributed by atoms with Gasteiger partial charge in [0.15, 0.2) is 0 Å². The van der Waals surface area contributed by atoms with E-state index in [1.165, 1.54) is 0 Å². The zero-order valence-electron chi connectivity index (χ0n) is 9.17. The monoisotopic (exact) mass is 250 g/mol. The Kier molecular flexibility index (Phi) is 2.32. The molecule has 0 aliphatic carbocycles. The molecule has 2 aliphatic heterocycles. The molecule has 2 heterocycles. The van der Waals surface area contributed by atoms with Gasteiger partial charge in [-0.15, -0.1) is 4.28 Å². The highest BCUT2D eigenvalue weighted by atomic mass is 32.3. The predicted molar refractivity (Wildman–Crippen MR) is 53.4 cm³/mol. The molecule has 16 heavy (non-hydrogen) atoms. The van der Waals surface area contributed by atoms with Gasteiger partial charge in [-0.05, 0) is 20.8 Å². The fourth-order valence-corrected chi connectivity index (χ4v) is 2.68. The van der Waals surface area contributed by atoms with Crippen LogP contribution < -0.4 is 5.32 Å². The lowest BCUT2D eigenvalue weighted by Gasteiger charge is -2.50. The Bertz CT molecular complexity index is 432. The Morgan fingerprint density at radius 2 is 2.00 bits per heavy atom. The fraction of sp³-hybridized carbons (Fsp3) is 0.875. The van der Waals surface area contributed by atoms with Crippen LogP contribution in [0.2, 0.25) is 0 Å². The fourth-order valence-electron chi connectivity index (χ4n) is 2.23. The van der Waals surface area contributed by atoms with Crippen molar-refractivity contribution in [1.82, 2.24) is 10.4 Å². The second kappa shape index (κ2) is 3.16. The van der Waals surface area contributed by atoms with Crippen LogP contribution in [-0.4, -0.2) is 41.6 Å². The minimum Gasteiger partial charge on any atom is -0.307 e. The summed E-state index contributed by atoms with van der Waals surface area (Å²) >= 11 is 0. The molecule has 0 spiro atoms. The second-order valence-corrected chi connectivity index (χ2v) is 5.75. The lowest BCUT2D eigenvalue weighted by Crippen LogP contribution is -2.70. The maximum Gasteiger partial charge on any atom is 0.418 e. The number of hydrogen-bond donors (Lipinski definition) is 2. The third-order valence-corrected chi connectivity index (χ3v) is 3.50. The van der Waals surface area contributed by atoms with Crippen molar-refractivity contribution in [2.45, 2.75) is 38.4 Å². The van der Waals surface area contributed by atoms with Gasteiger partial charge in [-0.2, -0.15) is 13.5 Å². The molecular weight excluding hydrogens is 236 g/mol. The summed E-state index contributed by atoms with van der Waals surface area (Å²) in [5.41, 5.74) is -0.741. The molecule has 3 unspecified atom stereocenters. The van der Waals surface area contributed by atoms with Crippen molar-refractivity contribution in [1.29, 1.82) is 0 Å². The molecular formula is C8H14N2O5S. The van der Waals surface area contributed by atoms with Gasteiger partial charge in [-0.25, -0.2) is 0 Å². The Balaban J connectivity index is 2.12. The molecule has 0 aromatic heterocycles. The molecule has 0 radical (unpaired) electrons. The number of hydrogen-bond acceptors (Lipinski definition) is 5. The summed E-state index contributed by atoms with van der Waals surface area (Å²) in [6.45, 7) is 5.33. The van der Waals surface area contributed by atoms with E-state index in [0.29, 0.717) is 5.06 Å².